The van der Waals surface area contributed by atoms with Gasteiger partial charge < -0.3 is 0 Å². The molecule has 3 aliphatic rings. The molecule has 6 heteroatoms. The van der Waals surface area contributed by atoms with Crippen LogP contribution in [0.1, 0.15) is 50.7 Å². The summed E-state index contributed by atoms with van der Waals surface area (Å²) >= 11 is 0. The van der Waals surface area contributed by atoms with Gasteiger partial charge in [0.15, 0.2) is 13.9 Å². The van der Waals surface area contributed by atoms with E-state index >= 15 is 0 Å². The van der Waals surface area contributed by atoms with E-state index in [2.05, 4.69) is 223 Å². The van der Waals surface area contributed by atoms with Crippen LogP contribution in [0.25, 0.3) is 66.9 Å². The third-order valence-corrected chi connectivity index (χ3v) is 20.1. The maximum absolute atomic E-state index is 5.75. The number of fused-ring (bicyclic) bond motifs is 8. The second kappa shape index (κ2) is 14.3. The molecular formula is C59H47N5Si. The van der Waals surface area contributed by atoms with Crippen molar-refractivity contribution in [3.8, 4) is 23.3 Å². The van der Waals surface area contributed by atoms with Gasteiger partial charge in [-0.15, -0.1) is 0 Å². The quantitative estimate of drug-likeness (QED) is 0.119. The number of benzene rings is 8. The Morgan fingerprint density at radius 2 is 0.738 bits per heavy atom. The van der Waals surface area contributed by atoms with Gasteiger partial charge in [0.1, 0.15) is 0 Å². The first-order valence-corrected chi connectivity index (χ1v) is 25.0. The van der Waals surface area contributed by atoms with Crippen LogP contribution < -0.4 is 20.7 Å². The van der Waals surface area contributed by atoms with Crippen LogP contribution in [0.4, 0.5) is 0 Å². The molecule has 312 valence electrons. The van der Waals surface area contributed by atoms with Gasteiger partial charge in [-0.1, -0.05) is 190 Å². The number of rotatable bonds is 7. The predicted octanol–water partition coefficient (Wildman–Crippen LogP) is 11.2. The minimum atomic E-state index is -2.97. The Bertz CT molecular complexity index is 3300. The molecule has 14 rings (SSSR count). The average molecular weight is 854 g/mol. The summed E-state index contributed by atoms with van der Waals surface area (Å²) in [5, 5.41) is 10.1. The highest BCUT2D eigenvalue weighted by Crippen LogP contribution is 2.58. The molecule has 0 radical (unpaired) electrons. The predicted molar refractivity (Wildman–Crippen MR) is 271 cm³/mol. The van der Waals surface area contributed by atoms with Gasteiger partial charge in [0.25, 0.3) is 0 Å². The summed E-state index contributed by atoms with van der Waals surface area (Å²) < 4.78 is 4.52. The Morgan fingerprint density at radius 3 is 1.14 bits per heavy atom. The molecule has 0 unspecified atom stereocenters. The number of nitrogens with zero attached hydrogens (tertiary/aromatic N) is 5. The summed E-state index contributed by atoms with van der Waals surface area (Å²) in [6.07, 6.45) is 4.58. The van der Waals surface area contributed by atoms with Gasteiger partial charge in [-0.2, -0.15) is 15.0 Å². The molecule has 65 heavy (non-hydrogen) atoms. The van der Waals surface area contributed by atoms with Gasteiger partial charge in [0.05, 0.1) is 22.1 Å². The Morgan fingerprint density at radius 1 is 0.385 bits per heavy atom. The van der Waals surface area contributed by atoms with E-state index in [4.69, 9.17) is 15.0 Å². The van der Waals surface area contributed by atoms with Crippen molar-refractivity contribution < 1.29 is 0 Å². The monoisotopic (exact) mass is 853 g/mol. The fourth-order valence-electron chi connectivity index (χ4n) is 12.0. The third kappa shape index (κ3) is 5.53. The molecule has 0 amide bonds. The van der Waals surface area contributed by atoms with Crippen molar-refractivity contribution in [3.05, 3.63) is 211 Å². The van der Waals surface area contributed by atoms with E-state index in [1.165, 1.54) is 53.4 Å². The van der Waals surface area contributed by atoms with Crippen molar-refractivity contribution in [1.29, 1.82) is 0 Å². The maximum atomic E-state index is 5.75. The molecule has 0 saturated heterocycles. The van der Waals surface area contributed by atoms with Gasteiger partial charge in [-0.05, 0) is 92.7 Å². The lowest BCUT2D eigenvalue weighted by atomic mass is 9.52. The molecule has 8 aromatic carbocycles. The second-order valence-electron chi connectivity index (χ2n) is 18.9. The minimum absolute atomic E-state index is 0.0143. The Balaban J connectivity index is 1.20. The smallest absolute Gasteiger partial charge is 0.240 e. The first kappa shape index (κ1) is 38.1. The molecule has 0 spiro atoms. The molecule has 1 fully saturated rings. The van der Waals surface area contributed by atoms with E-state index in [1.54, 1.807) is 0 Å². The number of hydrogen-bond acceptors (Lipinski definition) is 3. The van der Waals surface area contributed by atoms with Crippen LogP contribution in [0.5, 0.6) is 0 Å². The Kier molecular flexibility index (Phi) is 8.38. The Hall–Kier alpha value is -7.41. The zero-order valence-electron chi connectivity index (χ0n) is 36.6. The molecule has 0 aliphatic heterocycles. The van der Waals surface area contributed by atoms with Crippen LogP contribution in [-0.4, -0.2) is 32.2 Å². The van der Waals surface area contributed by atoms with E-state index in [0.717, 1.165) is 53.3 Å². The van der Waals surface area contributed by atoms with Crippen molar-refractivity contribution in [2.24, 2.45) is 0 Å². The largest absolute Gasteiger partial charge is 0.278 e. The zero-order valence-corrected chi connectivity index (χ0v) is 37.6. The van der Waals surface area contributed by atoms with Crippen molar-refractivity contribution in [1.82, 2.24) is 24.1 Å². The van der Waals surface area contributed by atoms with E-state index in [1.807, 2.05) is 0 Å². The zero-order chi connectivity index (χ0) is 43.3. The highest BCUT2D eigenvalue weighted by atomic mass is 28.3. The van der Waals surface area contributed by atoms with Crippen LogP contribution in [0.2, 0.25) is 0 Å². The summed E-state index contributed by atoms with van der Waals surface area (Å²) in [4.78, 5) is 17.1. The second-order valence-corrected chi connectivity index (χ2v) is 22.7. The van der Waals surface area contributed by atoms with Gasteiger partial charge in [0, 0.05) is 27.1 Å². The molecule has 1 saturated carbocycles. The molecule has 2 bridgehead atoms. The van der Waals surface area contributed by atoms with Crippen molar-refractivity contribution in [2.45, 2.75) is 50.4 Å². The lowest BCUT2D eigenvalue weighted by Crippen LogP contribution is -2.75. The van der Waals surface area contributed by atoms with Crippen LogP contribution >= 0.6 is 0 Å². The molecule has 3 aromatic heterocycles. The van der Waals surface area contributed by atoms with Gasteiger partial charge in [-0.25, -0.2) is 0 Å². The summed E-state index contributed by atoms with van der Waals surface area (Å²) in [7, 11) is -2.97. The fourth-order valence-corrected chi connectivity index (χ4v) is 16.8. The molecule has 3 heterocycles. The summed E-state index contributed by atoms with van der Waals surface area (Å²) in [5.41, 5.74) is 8.23. The first-order valence-electron chi connectivity index (χ1n) is 23.0. The standard InChI is InChI=1S/C59H47N5Si/c1-58-34-36-59(2,37-35-58)54-48(38-43(39-49(54)58)65(40-20-6-3-7-21-40,41-22-8-4-9-23-41)42-24-10-5-11-25-42)55-60-56(63-50-30-16-12-26-44(50)45-27-13-17-31-51(45)63)62-57(61-55)64-52-32-18-14-28-46(52)47-29-15-19-33-53(47)64/h3-33,38-39H,34-37H2,1-2H3. The molecule has 5 nitrogen and oxygen atoms in total. The van der Waals surface area contributed by atoms with E-state index in [9.17, 15) is 0 Å². The molecule has 3 aliphatic carbocycles. The highest BCUT2D eigenvalue weighted by Gasteiger charge is 2.51. The topological polar surface area (TPSA) is 48.5 Å². The summed E-state index contributed by atoms with van der Waals surface area (Å²) in [6, 6.07) is 73.7. The fraction of sp³-hybridized carbons (Fsp3) is 0.136. The van der Waals surface area contributed by atoms with Gasteiger partial charge in [0.2, 0.25) is 11.9 Å². The third-order valence-electron chi connectivity index (χ3n) is 15.3. The first-order chi connectivity index (χ1) is 31.9. The van der Waals surface area contributed by atoms with E-state index in [0.29, 0.717) is 17.7 Å². The Labute approximate surface area is 379 Å². The molecule has 0 N–H and O–H groups in total. The highest BCUT2D eigenvalue weighted by molar-refractivity contribution is 7.20. The SMILES string of the molecule is CC12CCC(C)(CC1)c1c(-c3nc(-n4c5ccccc5c5ccccc54)nc(-n4c5ccccc5c5ccccc54)n3)cc([Si](c3ccccc3)(c3ccccc3)c3ccccc3)cc12. The van der Waals surface area contributed by atoms with Crippen LogP contribution in [-0.2, 0) is 10.8 Å². The summed E-state index contributed by atoms with van der Waals surface area (Å²) in [5.74, 6) is 1.93. The van der Waals surface area contributed by atoms with Crippen molar-refractivity contribution >= 4 is 72.4 Å². The van der Waals surface area contributed by atoms with Crippen molar-refractivity contribution in [3.63, 3.8) is 0 Å². The molecule has 0 atom stereocenters. The van der Waals surface area contributed by atoms with Gasteiger partial charge >= 0.3 is 0 Å². The molecular weight excluding hydrogens is 807 g/mol. The van der Waals surface area contributed by atoms with E-state index in [-0.39, 0.29) is 10.8 Å². The molecule has 11 aromatic rings. The lowest BCUT2D eigenvalue weighted by Gasteiger charge is -2.53. The maximum Gasteiger partial charge on any atom is 0.240 e. The van der Waals surface area contributed by atoms with Crippen LogP contribution in [0.15, 0.2) is 200 Å². The summed E-state index contributed by atoms with van der Waals surface area (Å²) in [6.45, 7) is 5.03. The lowest BCUT2D eigenvalue weighted by molar-refractivity contribution is 0.188. The average Bonchev–Trinajstić information content (AvgIpc) is 3.89. The number of aromatic nitrogens is 5. The minimum Gasteiger partial charge on any atom is -0.278 e. The number of para-hydroxylation sites is 4. The van der Waals surface area contributed by atoms with Gasteiger partial charge in [-0.3, -0.25) is 9.13 Å². The van der Waals surface area contributed by atoms with E-state index < -0.39 is 8.07 Å². The van der Waals surface area contributed by atoms with Crippen molar-refractivity contribution in [2.75, 3.05) is 0 Å². The normalized spacial score (nSPS) is 18.2. The van der Waals surface area contributed by atoms with Crippen LogP contribution in [0, 0.1) is 0 Å². The number of hydrogen-bond donors (Lipinski definition) is 0. The van der Waals surface area contributed by atoms with Crippen LogP contribution in [0.3, 0.4) is 0 Å².